The molecule has 0 aromatic carbocycles. The molecule has 0 bridgehead atoms. The van der Waals surface area contributed by atoms with Gasteiger partial charge in [0.25, 0.3) is 0 Å². The van der Waals surface area contributed by atoms with Crippen LogP contribution in [0.1, 0.15) is 56.6 Å². The molecule has 0 aliphatic heterocycles. The summed E-state index contributed by atoms with van der Waals surface area (Å²) in [5.41, 5.74) is 0.327. The fourth-order valence-corrected chi connectivity index (χ4v) is 1.93. The van der Waals surface area contributed by atoms with E-state index >= 15 is 0 Å². The van der Waals surface area contributed by atoms with Gasteiger partial charge in [-0.15, -0.1) is 0 Å². The van der Waals surface area contributed by atoms with Crippen LogP contribution in [0.25, 0.3) is 0 Å². The fraction of sp³-hybridized carbons (Fsp3) is 0.636. The van der Waals surface area contributed by atoms with Crippen LogP contribution in [0.4, 0.5) is 0 Å². The zero-order valence-corrected chi connectivity index (χ0v) is 11.0. The summed E-state index contributed by atoms with van der Waals surface area (Å²) in [4.78, 5) is 11.1. The maximum atomic E-state index is 11.1. The van der Waals surface area contributed by atoms with Crippen molar-refractivity contribution in [2.75, 3.05) is 0 Å². The highest BCUT2D eigenvalue weighted by Gasteiger charge is 2.28. The van der Waals surface area contributed by atoms with Crippen LogP contribution >= 0.6 is 11.6 Å². The summed E-state index contributed by atoms with van der Waals surface area (Å²) in [6.45, 7) is 9.60. The Hall–Kier alpha value is -1.03. The van der Waals surface area contributed by atoms with Crippen molar-refractivity contribution in [1.29, 1.82) is 0 Å². The first-order chi connectivity index (χ1) is 7.16. The van der Waals surface area contributed by atoms with Gasteiger partial charge in [-0.2, -0.15) is 5.10 Å². The van der Waals surface area contributed by atoms with Gasteiger partial charge in [-0.1, -0.05) is 25.4 Å². The summed E-state index contributed by atoms with van der Waals surface area (Å²) < 4.78 is 1.56. The van der Waals surface area contributed by atoms with E-state index in [1.54, 1.807) is 4.68 Å². The Morgan fingerprint density at radius 2 is 1.94 bits per heavy atom. The molecule has 1 rings (SSSR count). The Kier molecular flexibility index (Phi) is 3.33. The lowest BCUT2D eigenvalue weighted by atomic mass is 10.1. The van der Waals surface area contributed by atoms with Gasteiger partial charge in [0, 0.05) is 0 Å². The van der Waals surface area contributed by atoms with Gasteiger partial charge in [-0.05, 0) is 26.7 Å². The number of hydrogen-bond acceptors (Lipinski definition) is 2. The molecule has 0 atom stereocenters. The minimum Gasteiger partial charge on any atom is -0.478 e. The van der Waals surface area contributed by atoms with Gasteiger partial charge in [-0.3, -0.25) is 0 Å². The lowest BCUT2D eigenvalue weighted by Gasteiger charge is -2.20. The van der Waals surface area contributed by atoms with Gasteiger partial charge in [-0.25, -0.2) is 9.48 Å². The first-order valence-corrected chi connectivity index (χ1v) is 5.56. The number of nitrogens with zero attached hydrogens (tertiary/aromatic N) is 2. The van der Waals surface area contributed by atoms with E-state index in [2.05, 4.69) is 5.10 Å². The lowest BCUT2D eigenvalue weighted by Crippen LogP contribution is -2.23. The fourth-order valence-electron chi connectivity index (χ4n) is 1.46. The highest BCUT2D eigenvalue weighted by atomic mass is 35.5. The Labute approximate surface area is 100 Å². The molecule has 0 saturated carbocycles. The van der Waals surface area contributed by atoms with Gasteiger partial charge in [0.1, 0.15) is 10.7 Å². The zero-order valence-electron chi connectivity index (χ0n) is 10.2. The summed E-state index contributed by atoms with van der Waals surface area (Å²) in [6.07, 6.45) is 0. The molecule has 0 radical (unpaired) electrons. The molecular formula is C11H17ClN2O2. The van der Waals surface area contributed by atoms with Gasteiger partial charge >= 0.3 is 5.97 Å². The molecule has 0 fully saturated rings. The molecule has 0 aliphatic carbocycles. The molecule has 1 heterocycles. The van der Waals surface area contributed by atoms with Crippen LogP contribution in [0.2, 0.25) is 5.15 Å². The molecule has 4 nitrogen and oxygen atoms in total. The number of halogens is 1. The topological polar surface area (TPSA) is 55.1 Å². The molecule has 90 valence electrons. The predicted molar refractivity (Wildman–Crippen MR) is 63.3 cm³/mol. The maximum Gasteiger partial charge on any atom is 0.340 e. The second-order valence-corrected chi connectivity index (χ2v) is 5.45. The Morgan fingerprint density at radius 3 is 2.19 bits per heavy atom. The van der Waals surface area contributed by atoms with Crippen molar-refractivity contribution in [3.8, 4) is 0 Å². The second kappa shape index (κ2) is 4.09. The number of carbonyl (C=O) groups is 1. The molecule has 0 spiro atoms. The van der Waals surface area contributed by atoms with E-state index in [-0.39, 0.29) is 22.2 Å². The van der Waals surface area contributed by atoms with Crippen molar-refractivity contribution in [3.05, 3.63) is 16.4 Å². The molecule has 0 amide bonds. The maximum absolute atomic E-state index is 11.1. The summed E-state index contributed by atoms with van der Waals surface area (Å²) in [7, 11) is 0. The number of carboxylic acids is 1. The lowest BCUT2D eigenvalue weighted by molar-refractivity contribution is 0.0695. The van der Waals surface area contributed by atoms with Gasteiger partial charge in [0.2, 0.25) is 0 Å². The molecule has 0 saturated heterocycles. The van der Waals surface area contributed by atoms with E-state index < -0.39 is 5.97 Å². The van der Waals surface area contributed by atoms with Gasteiger partial charge < -0.3 is 5.11 Å². The van der Waals surface area contributed by atoms with Crippen molar-refractivity contribution in [3.63, 3.8) is 0 Å². The van der Waals surface area contributed by atoms with Gasteiger partial charge in [0.05, 0.1) is 11.2 Å². The number of rotatable bonds is 2. The Balaban J connectivity index is 3.48. The smallest absolute Gasteiger partial charge is 0.340 e. The summed E-state index contributed by atoms with van der Waals surface area (Å²) in [6, 6.07) is 0. The average Bonchev–Trinajstić information content (AvgIpc) is 2.41. The zero-order chi connectivity index (χ0) is 12.7. The Bertz CT molecular complexity index is 416. The highest BCUT2D eigenvalue weighted by Crippen LogP contribution is 2.30. The third-order valence-electron chi connectivity index (χ3n) is 2.25. The molecule has 1 aromatic heterocycles. The minimum atomic E-state index is -1.02. The first kappa shape index (κ1) is 13.0. The standard InChI is InChI=1S/C11H17ClN2O2/c1-6(2)8-7(10(15)16)9(12)14(13-8)11(3,4)5/h6H,1-5H3,(H,15,16). The number of carboxylic acid groups (broad SMARTS) is 1. The highest BCUT2D eigenvalue weighted by molar-refractivity contribution is 6.32. The van der Waals surface area contributed by atoms with Crippen LogP contribution in [0.15, 0.2) is 0 Å². The molecule has 0 aliphatic rings. The van der Waals surface area contributed by atoms with E-state index in [1.165, 1.54) is 0 Å². The van der Waals surface area contributed by atoms with Crippen molar-refractivity contribution in [2.24, 2.45) is 0 Å². The first-order valence-electron chi connectivity index (χ1n) is 5.18. The van der Waals surface area contributed by atoms with Crippen molar-refractivity contribution < 1.29 is 9.90 Å². The Morgan fingerprint density at radius 1 is 1.44 bits per heavy atom. The monoisotopic (exact) mass is 244 g/mol. The average molecular weight is 245 g/mol. The predicted octanol–water partition coefficient (Wildman–Crippen LogP) is 3.11. The van der Waals surface area contributed by atoms with Crippen LogP contribution in [0, 0.1) is 0 Å². The minimum absolute atomic E-state index is 0.0344. The quantitative estimate of drug-likeness (QED) is 0.870. The molecule has 16 heavy (non-hydrogen) atoms. The summed E-state index contributed by atoms with van der Waals surface area (Å²) in [5.74, 6) is -0.989. The van der Waals surface area contributed by atoms with E-state index in [9.17, 15) is 4.79 Å². The third-order valence-corrected chi connectivity index (χ3v) is 2.60. The van der Waals surface area contributed by atoms with Gasteiger partial charge in [0.15, 0.2) is 0 Å². The van der Waals surface area contributed by atoms with Crippen LogP contribution < -0.4 is 0 Å². The van der Waals surface area contributed by atoms with Crippen molar-refractivity contribution in [1.82, 2.24) is 9.78 Å². The molecule has 5 heteroatoms. The van der Waals surface area contributed by atoms with Crippen molar-refractivity contribution >= 4 is 17.6 Å². The normalized spacial score (nSPS) is 12.2. The van der Waals surface area contributed by atoms with Crippen LogP contribution in [0.5, 0.6) is 0 Å². The molecule has 1 aromatic rings. The number of hydrogen-bond donors (Lipinski definition) is 1. The van der Waals surface area contributed by atoms with Crippen molar-refractivity contribution in [2.45, 2.75) is 46.1 Å². The van der Waals surface area contributed by atoms with Crippen LogP contribution in [-0.2, 0) is 5.54 Å². The number of aromatic nitrogens is 2. The largest absolute Gasteiger partial charge is 0.478 e. The van der Waals surface area contributed by atoms with Crippen LogP contribution in [-0.4, -0.2) is 20.9 Å². The third kappa shape index (κ3) is 2.21. The molecule has 0 unspecified atom stereocenters. The summed E-state index contributed by atoms with van der Waals surface area (Å²) >= 11 is 6.07. The van der Waals surface area contributed by atoms with E-state index in [1.807, 2.05) is 34.6 Å². The van der Waals surface area contributed by atoms with E-state index in [0.717, 1.165) is 0 Å². The van der Waals surface area contributed by atoms with Crippen LogP contribution in [0.3, 0.4) is 0 Å². The second-order valence-electron chi connectivity index (χ2n) is 5.09. The summed E-state index contributed by atoms with van der Waals surface area (Å²) in [5, 5.41) is 13.6. The molecule has 1 N–H and O–H groups in total. The molecular weight excluding hydrogens is 228 g/mol. The number of aromatic carboxylic acids is 1. The van der Waals surface area contributed by atoms with E-state index in [4.69, 9.17) is 16.7 Å². The van der Waals surface area contributed by atoms with E-state index in [0.29, 0.717) is 5.69 Å². The SMILES string of the molecule is CC(C)c1nn(C(C)(C)C)c(Cl)c1C(=O)O.